The first kappa shape index (κ1) is 20.4. The molecule has 3 aromatic heterocycles. The van der Waals surface area contributed by atoms with Gasteiger partial charge in [0.15, 0.2) is 11.6 Å². The second kappa shape index (κ2) is 7.90. The summed E-state index contributed by atoms with van der Waals surface area (Å²) in [5, 5.41) is 5.06. The molecule has 0 atom stereocenters. The number of para-hydroxylation sites is 1. The van der Waals surface area contributed by atoms with Crippen LogP contribution in [0.1, 0.15) is 11.3 Å². The van der Waals surface area contributed by atoms with Gasteiger partial charge in [-0.3, -0.25) is 4.98 Å². The van der Waals surface area contributed by atoms with Crippen LogP contribution in [0.2, 0.25) is 0 Å². The molecule has 0 unspecified atom stereocenters. The normalized spacial score (nSPS) is 11.2. The zero-order valence-electron chi connectivity index (χ0n) is 17.0. The van der Waals surface area contributed by atoms with E-state index in [0.29, 0.717) is 27.7 Å². The zero-order valence-corrected chi connectivity index (χ0v) is 17.0. The van der Waals surface area contributed by atoms with Gasteiger partial charge in [-0.15, -0.1) is 0 Å². The number of halogens is 3. The average molecular weight is 447 g/mol. The summed E-state index contributed by atoms with van der Waals surface area (Å²) in [5.74, 6) is -2.89. The molecule has 0 aliphatic heterocycles. The van der Waals surface area contributed by atoms with E-state index in [1.165, 1.54) is 4.68 Å². The summed E-state index contributed by atoms with van der Waals surface area (Å²) in [6, 6.07) is 12.1. The maximum atomic E-state index is 14.3. The topological polar surface area (TPSA) is 109 Å². The molecule has 5 rings (SSSR count). The maximum absolute atomic E-state index is 14.3. The molecule has 5 aromatic rings. The van der Waals surface area contributed by atoms with E-state index < -0.39 is 23.0 Å². The summed E-state index contributed by atoms with van der Waals surface area (Å²) in [5.41, 5.74) is 14.0. The molecule has 4 N–H and O–H groups in total. The monoisotopic (exact) mass is 447 g/mol. The number of rotatable bonds is 4. The van der Waals surface area contributed by atoms with Gasteiger partial charge in [0.25, 0.3) is 5.95 Å². The Bertz CT molecular complexity index is 1480. The highest BCUT2D eigenvalue weighted by molar-refractivity contribution is 5.85. The molecule has 10 heteroatoms. The van der Waals surface area contributed by atoms with E-state index in [-0.39, 0.29) is 24.0 Å². The summed E-state index contributed by atoms with van der Waals surface area (Å²) < 4.78 is 43.6. The van der Waals surface area contributed by atoms with Crippen LogP contribution in [0, 0.1) is 17.5 Å². The number of benzene rings is 2. The van der Waals surface area contributed by atoms with Crippen LogP contribution in [0.5, 0.6) is 0 Å². The Morgan fingerprint density at radius 1 is 0.818 bits per heavy atom. The highest BCUT2D eigenvalue weighted by Gasteiger charge is 2.21. The van der Waals surface area contributed by atoms with Gasteiger partial charge in [-0.2, -0.15) is 19.7 Å². The molecule has 0 aliphatic carbocycles. The second-order valence-corrected chi connectivity index (χ2v) is 7.28. The Morgan fingerprint density at radius 2 is 1.48 bits per heavy atom. The molecular formula is C23H16F3N7. The van der Waals surface area contributed by atoms with Crippen molar-refractivity contribution >= 4 is 22.5 Å². The quantitative estimate of drug-likeness (QED) is 0.403. The Morgan fingerprint density at radius 3 is 2.21 bits per heavy atom. The van der Waals surface area contributed by atoms with Crippen molar-refractivity contribution in [2.24, 2.45) is 0 Å². The molecule has 0 spiro atoms. The smallest absolute Gasteiger partial charge is 0.255 e. The number of nitrogens with zero attached hydrogens (tertiary/aromatic N) is 5. The van der Waals surface area contributed by atoms with E-state index in [1.54, 1.807) is 48.8 Å². The van der Waals surface area contributed by atoms with Crippen molar-refractivity contribution < 1.29 is 13.2 Å². The first-order chi connectivity index (χ1) is 15.9. The number of nitrogens with two attached hydrogens (primary N) is 2. The van der Waals surface area contributed by atoms with Gasteiger partial charge in [0, 0.05) is 29.8 Å². The fourth-order valence-electron chi connectivity index (χ4n) is 3.70. The standard InChI is InChI=1S/C23H16F3N7/c24-15-5-6-16(25)20(26)14(15)11-17-13-3-1-2-4-18(13)33(32-17)23-30-21(27)19(22(28)31-23)12-7-9-29-10-8-12/h1-10H,11H2,(H4,27,28,30,31). The fourth-order valence-corrected chi connectivity index (χ4v) is 3.70. The van der Waals surface area contributed by atoms with E-state index in [4.69, 9.17) is 11.5 Å². The molecular weight excluding hydrogens is 431 g/mol. The lowest BCUT2D eigenvalue weighted by Gasteiger charge is -2.10. The molecule has 7 nitrogen and oxygen atoms in total. The van der Waals surface area contributed by atoms with Gasteiger partial charge >= 0.3 is 0 Å². The van der Waals surface area contributed by atoms with Crippen LogP contribution in [-0.2, 0) is 6.42 Å². The summed E-state index contributed by atoms with van der Waals surface area (Å²) in [7, 11) is 0. The van der Waals surface area contributed by atoms with Gasteiger partial charge < -0.3 is 11.5 Å². The van der Waals surface area contributed by atoms with Gasteiger partial charge in [-0.05, 0) is 35.9 Å². The predicted molar refractivity (Wildman–Crippen MR) is 118 cm³/mol. The number of nitrogen functional groups attached to an aromatic ring is 2. The Labute approximate surface area is 185 Å². The number of hydrogen-bond acceptors (Lipinski definition) is 6. The molecule has 0 radical (unpaired) electrons. The van der Waals surface area contributed by atoms with Gasteiger partial charge in [0.1, 0.15) is 17.5 Å². The van der Waals surface area contributed by atoms with E-state index in [0.717, 1.165) is 12.1 Å². The molecule has 2 aromatic carbocycles. The molecule has 0 saturated heterocycles. The Kier molecular flexibility index (Phi) is 4.89. The third-order valence-electron chi connectivity index (χ3n) is 5.26. The van der Waals surface area contributed by atoms with Gasteiger partial charge in [-0.25, -0.2) is 13.2 Å². The Hall–Kier alpha value is -4.47. The number of fused-ring (bicyclic) bond motifs is 1. The molecule has 3 heterocycles. The van der Waals surface area contributed by atoms with Crippen molar-refractivity contribution in [3.05, 3.63) is 89.6 Å². The first-order valence-electron chi connectivity index (χ1n) is 9.87. The minimum absolute atomic E-state index is 0.0884. The predicted octanol–water partition coefficient (Wildman–Crippen LogP) is 4.05. The van der Waals surface area contributed by atoms with Crippen LogP contribution in [0.3, 0.4) is 0 Å². The van der Waals surface area contributed by atoms with Crippen molar-refractivity contribution in [2.45, 2.75) is 6.42 Å². The third-order valence-corrected chi connectivity index (χ3v) is 5.26. The van der Waals surface area contributed by atoms with Crippen LogP contribution in [-0.4, -0.2) is 24.7 Å². The number of pyridine rings is 1. The van der Waals surface area contributed by atoms with Crippen molar-refractivity contribution in [3.63, 3.8) is 0 Å². The average Bonchev–Trinajstić information content (AvgIpc) is 3.18. The fraction of sp³-hybridized carbons (Fsp3) is 0.0435. The van der Waals surface area contributed by atoms with E-state index in [9.17, 15) is 13.2 Å². The van der Waals surface area contributed by atoms with Crippen molar-refractivity contribution in [2.75, 3.05) is 11.5 Å². The second-order valence-electron chi connectivity index (χ2n) is 7.28. The molecule has 0 saturated carbocycles. The van der Waals surface area contributed by atoms with Gasteiger partial charge in [0.2, 0.25) is 0 Å². The summed E-state index contributed by atoms with van der Waals surface area (Å²) in [6.45, 7) is 0. The lowest BCUT2D eigenvalue weighted by Crippen LogP contribution is -2.10. The minimum Gasteiger partial charge on any atom is -0.383 e. The summed E-state index contributed by atoms with van der Waals surface area (Å²) in [4.78, 5) is 12.7. The van der Waals surface area contributed by atoms with Crippen LogP contribution in [0.25, 0.3) is 28.0 Å². The molecule has 0 fully saturated rings. The number of anilines is 2. The molecule has 164 valence electrons. The molecule has 0 amide bonds. The number of hydrogen-bond donors (Lipinski definition) is 2. The van der Waals surface area contributed by atoms with Crippen LogP contribution in [0.4, 0.5) is 24.8 Å². The zero-order chi connectivity index (χ0) is 23.1. The van der Waals surface area contributed by atoms with Crippen LogP contribution < -0.4 is 11.5 Å². The molecule has 33 heavy (non-hydrogen) atoms. The van der Waals surface area contributed by atoms with Crippen molar-refractivity contribution in [3.8, 4) is 17.1 Å². The van der Waals surface area contributed by atoms with Gasteiger partial charge in [0.05, 0.1) is 16.8 Å². The highest BCUT2D eigenvalue weighted by atomic mass is 19.2. The van der Waals surface area contributed by atoms with Crippen molar-refractivity contribution in [1.29, 1.82) is 0 Å². The SMILES string of the molecule is Nc1nc(-n2nc(Cc3c(F)ccc(F)c3F)c3ccccc32)nc(N)c1-c1ccncc1. The molecule has 0 bridgehead atoms. The third kappa shape index (κ3) is 3.51. The largest absolute Gasteiger partial charge is 0.383 e. The van der Waals surface area contributed by atoms with Crippen molar-refractivity contribution in [1.82, 2.24) is 24.7 Å². The minimum atomic E-state index is -1.25. The van der Waals surface area contributed by atoms with E-state index >= 15 is 0 Å². The van der Waals surface area contributed by atoms with Crippen LogP contribution >= 0.6 is 0 Å². The Balaban J connectivity index is 1.65. The maximum Gasteiger partial charge on any atom is 0.255 e. The number of aromatic nitrogens is 5. The van der Waals surface area contributed by atoms with Gasteiger partial charge in [-0.1, -0.05) is 18.2 Å². The van der Waals surface area contributed by atoms with E-state index in [2.05, 4.69) is 20.1 Å². The summed E-state index contributed by atoms with van der Waals surface area (Å²) in [6.07, 6.45) is 2.92. The molecule has 0 aliphatic rings. The summed E-state index contributed by atoms with van der Waals surface area (Å²) >= 11 is 0. The highest BCUT2D eigenvalue weighted by Crippen LogP contribution is 2.31. The van der Waals surface area contributed by atoms with E-state index in [1.807, 2.05) is 0 Å². The lowest BCUT2D eigenvalue weighted by atomic mass is 10.1. The lowest BCUT2D eigenvalue weighted by molar-refractivity contribution is 0.482. The van der Waals surface area contributed by atoms with Crippen LogP contribution in [0.15, 0.2) is 60.9 Å². The first-order valence-corrected chi connectivity index (χ1v) is 9.87.